The molecule has 38 heavy (non-hydrogen) atoms. The number of nitrogens with zero attached hydrogens (tertiary/aromatic N) is 3. The first kappa shape index (κ1) is 29.5. The van der Waals surface area contributed by atoms with E-state index < -0.39 is 6.10 Å². The van der Waals surface area contributed by atoms with Crippen molar-refractivity contribution in [2.45, 2.75) is 79.6 Å². The lowest BCUT2D eigenvalue weighted by Crippen LogP contribution is -2.33. The van der Waals surface area contributed by atoms with Crippen LogP contribution in [0.25, 0.3) is 22.6 Å². The molecule has 9 nitrogen and oxygen atoms in total. The molecule has 3 unspecified atom stereocenters. The van der Waals surface area contributed by atoms with Crippen LogP contribution in [-0.4, -0.2) is 65.3 Å². The number of likely N-dealkylation sites (N-methyl/N-ethyl adjacent to an activating group) is 1. The first-order valence-corrected chi connectivity index (χ1v) is 13.5. The van der Waals surface area contributed by atoms with E-state index in [1.54, 1.807) is 7.05 Å². The Kier molecular flexibility index (Phi) is 10.6. The summed E-state index contributed by atoms with van der Waals surface area (Å²) in [4.78, 5) is 10.0. The third-order valence-electron chi connectivity index (χ3n) is 6.57. The van der Waals surface area contributed by atoms with Gasteiger partial charge in [0.15, 0.2) is 5.82 Å². The van der Waals surface area contributed by atoms with Gasteiger partial charge < -0.3 is 29.7 Å². The fraction of sp³-hybridized carbons (Fsp3) is 0.552. The van der Waals surface area contributed by atoms with Crippen molar-refractivity contribution in [3.63, 3.8) is 0 Å². The molecule has 3 atom stereocenters. The zero-order valence-electron chi connectivity index (χ0n) is 24.0. The number of benzene rings is 1. The van der Waals surface area contributed by atoms with Gasteiger partial charge in [0, 0.05) is 30.3 Å². The van der Waals surface area contributed by atoms with E-state index in [9.17, 15) is 5.11 Å². The van der Waals surface area contributed by atoms with E-state index in [1.165, 1.54) is 0 Å². The molecule has 0 spiro atoms. The fourth-order valence-electron chi connectivity index (χ4n) is 4.58. The lowest BCUT2D eigenvalue weighted by molar-refractivity contribution is 0.0231. The van der Waals surface area contributed by atoms with Crippen molar-refractivity contribution in [3.8, 4) is 28.4 Å². The molecule has 3 aromatic rings. The molecular formula is C29H43N5O4. The van der Waals surface area contributed by atoms with Gasteiger partial charge in [-0.05, 0) is 72.2 Å². The Labute approximate surface area is 226 Å². The largest absolute Gasteiger partial charge is 0.491 e. The van der Waals surface area contributed by atoms with E-state index in [2.05, 4.69) is 22.7 Å². The van der Waals surface area contributed by atoms with Crippen LogP contribution in [0.4, 0.5) is 5.82 Å². The average molecular weight is 526 g/mol. The summed E-state index contributed by atoms with van der Waals surface area (Å²) in [7, 11) is 1.80. The summed E-state index contributed by atoms with van der Waals surface area (Å²) in [6.07, 6.45) is 1.44. The predicted octanol–water partition coefficient (Wildman–Crippen LogP) is 5.00. The van der Waals surface area contributed by atoms with Crippen LogP contribution < -0.4 is 15.4 Å². The Morgan fingerprint density at radius 2 is 1.92 bits per heavy atom. The van der Waals surface area contributed by atoms with Crippen LogP contribution in [0.5, 0.6) is 5.75 Å². The van der Waals surface area contributed by atoms with Crippen molar-refractivity contribution in [2.75, 3.05) is 32.1 Å². The SMILES string of the molecule is CC.CNCC(O)COc1ccc(C)c(-c2nc(NC3CCOC(C)C3)c(C)c(-c3c(C)noc3C)n2)c1. The molecule has 0 bridgehead atoms. The molecule has 3 heterocycles. The van der Waals surface area contributed by atoms with Crippen molar-refractivity contribution >= 4 is 5.82 Å². The molecule has 2 aromatic heterocycles. The molecular weight excluding hydrogens is 482 g/mol. The molecule has 208 valence electrons. The molecule has 1 aliphatic heterocycles. The normalized spacial score (nSPS) is 17.9. The first-order chi connectivity index (χ1) is 18.3. The molecule has 0 saturated carbocycles. The van der Waals surface area contributed by atoms with Gasteiger partial charge in [0.2, 0.25) is 0 Å². The van der Waals surface area contributed by atoms with Crippen LogP contribution in [0, 0.1) is 27.7 Å². The van der Waals surface area contributed by atoms with Gasteiger partial charge in [-0.25, -0.2) is 9.97 Å². The van der Waals surface area contributed by atoms with Gasteiger partial charge >= 0.3 is 0 Å². The second kappa shape index (κ2) is 13.7. The summed E-state index contributed by atoms with van der Waals surface area (Å²) in [5.41, 5.74) is 5.32. The molecule has 0 aliphatic carbocycles. The number of aliphatic hydroxyl groups is 1. The molecule has 3 N–H and O–H groups in total. The van der Waals surface area contributed by atoms with Crippen LogP contribution in [-0.2, 0) is 4.74 Å². The number of aliphatic hydroxyl groups excluding tert-OH is 1. The van der Waals surface area contributed by atoms with E-state index >= 15 is 0 Å². The second-order valence-corrected chi connectivity index (χ2v) is 9.61. The number of aromatic nitrogens is 3. The minimum Gasteiger partial charge on any atom is -0.491 e. The highest BCUT2D eigenvalue weighted by molar-refractivity contribution is 5.75. The summed E-state index contributed by atoms with van der Waals surface area (Å²) in [6, 6.07) is 6.08. The zero-order chi connectivity index (χ0) is 27.8. The number of hydrogen-bond donors (Lipinski definition) is 3. The third-order valence-corrected chi connectivity index (χ3v) is 6.57. The molecule has 0 amide bonds. The highest BCUT2D eigenvalue weighted by Crippen LogP contribution is 2.35. The Bertz CT molecular complexity index is 1180. The van der Waals surface area contributed by atoms with Crippen molar-refractivity contribution < 1.29 is 19.1 Å². The molecule has 4 rings (SSSR count). The highest BCUT2D eigenvalue weighted by Gasteiger charge is 2.24. The second-order valence-electron chi connectivity index (χ2n) is 9.61. The number of nitrogens with one attached hydrogen (secondary N) is 2. The maximum atomic E-state index is 10.0. The van der Waals surface area contributed by atoms with Crippen molar-refractivity contribution in [1.29, 1.82) is 0 Å². The summed E-state index contributed by atoms with van der Waals surface area (Å²) >= 11 is 0. The molecule has 9 heteroatoms. The minimum absolute atomic E-state index is 0.192. The summed E-state index contributed by atoms with van der Waals surface area (Å²) in [5, 5.41) is 20.8. The van der Waals surface area contributed by atoms with Gasteiger partial charge in [-0.15, -0.1) is 0 Å². The van der Waals surface area contributed by atoms with E-state index in [1.807, 2.05) is 59.7 Å². The molecule has 1 fully saturated rings. The van der Waals surface area contributed by atoms with Crippen molar-refractivity contribution in [3.05, 3.63) is 40.8 Å². The zero-order valence-corrected chi connectivity index (χ0v) is 24.0. The topological polar surface area (TPSA) is 115 Å². The van der Waals surface area contributed by atoms with E-state index in [-0.39, 0.29) is 18.8 Å². The van der Waals surface area contributed by atoms with Gasteiger partial charge in [0.1, 0.15) is 30.0 Å². The number of ether oxygens (including phenoxy) is 2. The van der Waals surface area contributed by atoms with Gasteiger partial charge in [0.05, 0.1) is 23.1 Å². The molecule has 1 saturated heterocycles. The number of hydrogen-bond acceptors (Lipinski definition) is 9. The van der Waals surface area contributed by atoms with Crippen LogP contribution in [0.2, 0.25) is 0 Å². The predicted molar refractivity (Wildman–Crippen MR) is 151 cm³/mol. The van der Waals surface area contributed by atoms with Crippen LogP contribution in [0.15, 0.2) is 22.7 Å². The quantitative estimate of drug-likeness (QED) is 0.355. The van der Waals surface area contributed by atoms with Gasteiger partial charge in [-0.3, -0.25) is 0 Å². The van der Waals surface area contributed by atoms with Crippen LogP contribution in [0.1, 0.15) is 56.2 Å². The van der Waals surface area contributed by atoms with Crippen LogP contribution >= 0.6 is 0 Å². The first-order valence-electron chi connectivity index (χ1n) is 13.5. The number of anilines is 1. The lowest BCUT2D eigenvalue weighted by Gasteiger charge is -2.29. The monoisotopic (exact) mass is 525 g/mol. The Hall–Kier alpha value is -3.01. The summed E-state index contributed by atoms with van der Waals surface area (Å²) in [5.74, 6) is 2.76. The van der Waals surface area contributed by atoms with E-state index in [0.29, 0.717) is 18.1 Å². The van der Waals surface area contributed by atoms with Crippen LogP contribution in [0.3, 0.4) is 0 Å². The van der Waals surface area contributed by atoms with E-state index in [0.717, 1.165) is 64.7 Å². The summed E-state index contributed by atoms with van der Waals surface area (Å²) < 4.78 is 17.1. The molecule has 1 aliphatic rings. The van der Waals surface area contributed by atoms with E-state index in [4.69, 9.17) is 24.0 Å². The molecule has 1 aromatic carbocycles. The maximum absolute atomic E-state index is 10.0. The van der Waals surface area contributed by atoms with Gasteiger partial charge in [-0.1, -0.05) is 25.1 Å². The maximum Gasteiger partial charge on any atom is 0.162 e. The summed E-state index contributed by atoms with van der Waals surface area (Å²) in [6.45, 7) is 15.4. The minimum atomic E-state index is -0.598. The molecule has 0 radical (unpaired) electrons. The Morgan fingerprint density at radius 3 is 2.58 bits per heavy atom. The van der Waals surface area contributed by atoms with Crippen molar-refractivity contribution in [1.82, 2.24) is 20.4 Å². The standard InChI is InChI=1S/C27H37N5O4.C2H6/c1-15-7-8-22(35-14-21(33)13-28-6)12-23(15)27-30-25(24-18(4)32-36-19(24)5)17(3)26(31-27)29-20-9-10-34-16(2)11-20;1-2/h7-8,12,16,20-21,28,33H,9-11,13-14H2,1-6H3,(H,29,30,31);1-2H3. The highest BCUT2D eigenvalue weighted by atomic mass is 16.5. The Morgan fingerprint density at radius 1 is 1.16 bits per heavy atom. The van der Waals surface area contributed by atoms with Gasteiger partial charge in [0.25, 0.3) is 0 Å². The van der Waals surface area contributed by atoms with Gasteiger partial charge in [-0.2, -0.15) is 0 Å². The fourth-order valence-corrected chi connectivity index (χ4v) is 4.58. The smallest absolute Gasteiger partial charge is 0.162 e. The number of aryl methyl sites for hydroxylation is 3. The van der Waals surface area contributed by atoms with Crippen molar-refractivity contribution in [2.24, 2.45) is 0 Å². The average Bonchev–Trinajstić information content (AvgIpc) is 3.24. The third kappa shape index (κ3) is 7.09. The lowest BCUT2D eigenvalue weighted by atomic mass is 10.0. The number of rotatable bonds is 9. The Balaban J connectivity index is 0.00000195.